The number of sulfonamides is 1. The van der Waals surface area contributed by atoms with Crippen LogP contribution in [-0.4, -0.2) is 31.9 Å². The quantitative estimate of drug-likeness (QED) is 0.911. The SMILES string of the molecule is Cc1cc(F)cc(C)c1S(=O)(=O)N1CCC(C)CC1CN.Cl. The highest BCUT2D eigenvalue weighted by atomic mass is 35.5. The van der Waals surface area contributed by atoms with Crippen molar-refractivity contribution in [2.45, 2.75) is 44.6 Å². The molecular weight excluding hydrogens is 327 g/mol. The van der Waals surface area contributed by atoms with E-state index in [4.69, 9.17) is 5.73 Å². The minimum absolute atomic E-state index is 0. The fraction of sp³-hybridized carbons (Fsp3) is 0.600. The maximum Gasteiger partial charge on any atom is 0.243 e. The summed E-state index contributed by atoms with van der Waals surface area (Å²) in [5, 5.41) is 0. The molecule has 0 aliphatic carbocycles. The molecule has 7 heteroatoms. The van der Waals surface area contributed by atoms with Crippen molar-refractivity contribution in [2.24, 2.45) is 11.7 Å². The zero-order chi connectivity index (χ0) is 15.8. The number of hydrogen-bond donors (Lipinski definition) is 1. The van der Waals surface area contributed by atoms with Crippen molar-refractivity contribution in [1.29, 1.82) is 0 Å². The first-order chi connectivity index (χ1) is 9.77. The summed E-state index contributed by atoms with van der Waals surface area (Å²) < 4.78 is 40.8. The second kappa shape index (κ2) is 7.25. The van der Waals surface area contributed by atoms with Crippen molar-refractivity contribution < 1.29 is 12.8 Å². The summed E-state index contributed by atoms with van der Waals surface area (Å²) in [5.74, 6) is 0.0620. The third kappa shape index (κ3) is 3.62. The van der Waals surface area contributed by atoms with E-state index in [9.17, 15) is 12.8 Å². The highest BCUT2D eigenvalue weighted by Gasteiger charge is 2.36. The van der Waals surface area contributed by atoms with Gasteiger partial charge >= 0.3 is 0 Å². The van der Waals surface area contributed by atoms with Gasteiger partial charge in [-0.1, -0.05) is 6.92 Å². The monoisotopic (exact) mass is 350 g/mol. The third-order valence-corrected chi connectivity index (χ3v) is 6.45. The van der Waals surface area contributed by atoms with Crippen LogP contribution in [0.15, 0.2) is 17.0 Å². The molecule has 4 nitrogen and oxygen atoms in total. The van der Waals surface area contributed by atoms with Crippen LogP contribution in [0.25, 0.3) is 0 Å². The number of halogens is 2. The highest BCUT2D eigenvalue weighted by molar-refractivity contribution is 7.89. The molecule has 2 unspecified atom stereocenters. The summed E-state index contributed by atoms with van der Waals surface area (Å²) in [5.41, 5.74) is 6.66. The average molecular weight is 351 g/mol. The minimum Gasteiger partial charge on any atom is -0.329 e. The van der Waals surface area contributed by atoms with Crippen molar-refractivity contribution in [2.75, 3.05) is 13.1 Å². The Morgan fingerprint density at radius 2 is 1.86 bits per heavy atom. The minimum atomic E-state index is -3.64. The Labute approximate surface area is 138 Å². The zero-order valence-electron chi connectivity index (χ0n) is 13.2. The van der Waals surface area contributed by atoms with Crippen LogP contribution in [0.2, 0.25) is 0 Å². The Morgan fingerprint density at radius 3 is 2.36 bits per heavy atom. The largest absolute Gasteiger partial charge is 0.329 e. The maximum atomic E-state index is 13.4. The molecule has 0 bridgehead atoms. The predicted molar refractivity (Wildman–Crippen MR) is 88.3 cm³/mol. The molecule has 1 aliphatic rings. The van der Waals surface area contributed by atoms with Crippen molar-refractivity contribution in [3.63, 3.8) is 0 Å². The van der Waals surface area contributed by atoms with Crippen LogP contribution >= 0.6 is 12.4 Å². The number of nitrogens with two attached hydrogens (primary N) is 1. The van der Waals surface area contributed by atoms with E-state index in [1.807, 2.05) is 0 Å². The van der Waals surface area contributed by atoms with Crippen LogP contribution in [0.4, 0.5) is 4.39 Å². The molecule has 126 valence electrons. The maximum absolute atomic E-state index is 13.4. The summed E-state index contributed by atoms with van der Waals surface area (Å²) in [6.45, 7) is 6.16. The smallest absolute Gasteiger partial charge is 0.243 e. The van der Waals surface area contributed by atoms with E-state index in [-0.39, 0.29) is 23.3 Å². The molecule has 1 heterocycles. The fourth-order valence-corrected chi connectivity index (χ4v) is 5.26. The van der Waals surface area contributed by atoms with Crippen molar-refractivity contribution in [3.8, 4) is 0 Å². The third-order valence-electron chi connectivity index (χ3n) is 4.19. The second-order valence-corrected chi connectivity index (χ2v) is 7.83. The summed E-state index contributed by atoms with van der Waals surface area (Å²) in [4.78, 5) is 0.219. The lowest BCUT2D eigenvalue weighted by Crippen LogP contribution is -2.49. The fourth-order valence-electron chi connectivity index (χ4n) is 3.18. The van der Waals surface area contributed by atoms with E-state index in [1.165, 1.54) is 16.4 Å². The average Bonchev–Trinajstić information content (AvgIpc) is 2.36. The zero-order valence-corrected chi connectivity index (χ0v) is 14.8. The van der Waals surface area contributed by atoms with Crippen LogP contribution < -0.4 is 5.73 Å². The Balaban J connectivity index is 0.00000242. The van der Waals surface area contributed by atoms with E-state index in [0.717, 1.165) is 12.8 Å². The van der Waals surface area contributed by atoms with Gasteiger partial charge in [0.2, 0.25) is 10.0 Å². The van der Waals surface area contributed by atoms with Crippen LogP contribution in [0, 0.1) is 25.6 Å². The Bertz CT molecular complexity index is 613. The van der Waals surface area contributed by atoms with E-state index in [1.54, 1.807) is 13.8 Å². The molecule has 0 radical (unpaired) electrons. The van der Waals surface area contributed by atoms with E-state index >= 15 is 0 Å². The van der Waals surface area contributed by atoms with Gasteiger partial charge in [0, 0.05) is 19.1 Å². The number of hydrogen-bond acceptors (Lipinski definition) is 3. The summed E-state index contributed by atoms with van der Waals surface area (Å²) in [7, 11) is -3.64. The van der Waals surface area contributed by atoms with Gasteiger partial charge in [-0.25, -0.2) is 12.8 Å². The lowest BCUT2D eigenvalue weighted by Gasteiger charge is -2.37. The highest BCUT2D eigenvalue weighted by Crippen LogP contribution is 2.31. The molecule has 1 aromatic rings. The van der Waals surface area contributed by atoms with Crippen LogP contribution in [0.5, 0.6) is 0 Å². The molecule has 1 saturated heterocycles. The second-order valence-electron chi connectivity index (χ2n) is 6.00. The van der Waals surface area contributed by atoms with Gasteiger partial charge in [0.25, 0.3) is 0 Å². The van der Waals surface area contributed by atoms with Crippen LogP contribution in [-0.2, 0) is 10.0 Å². The van der Waals surface area contributed by atoms with Gasteiger partial charge < -0.3 is 5.73 Å². The molecule has 1 aliphatic heterocycles. The van der Waals surface area contributed by atoms with Crippen LogP contribution in [0.3, 0.4) is 0 Å². The summed E-state index contributed by atoms with van der Waals surface area (Å²) in [6.07, 6.45) is 1.60. The topological polar surface area (TPSA) is 63.4 Å². The normalized spacial score (nSPS) is 23.1. The standard InChI is InChI=1S/C15H23FN2O2S.ClH/c1-10-4-5-18(14(6-10)9-17)21(19,20)15-11(2)7-13(16)8-12(15)3;/h7-8,10,14H,4-6,9,17H2,1-3H3;1H. The van der Waals surface area contributed by atoms with Crippen LogP contribution in [0.1, 0.15) is 30.9 Å². The van der Waals surface area contributed by atoms with Gasteiger partial charge in [-0.2, -0.15) is 4.31 Å². The number of piperidine rings is 1. The molecule has 2 N–H and O–H groups in total. The van der Waals surface area contributed by atoms with Gasteiger partial charge in [0.15, 0.2) is 0 Å². The predicted octanol–water partition coefficient (Wildman–Crippen LogP) is 2.61. The van der Waals surface area contributed by atoms with E-state index in [0.29, 0.717) is 30.1 Å². The summed E-state index contributed by atoms with van der Waals surface area (Å²) in [6, 6.07) is 2.36. The number of rotatable bonds is 3. The lowest BCUT2D eigenvalue weighted by molar-refractivity contribution is 0.211. The van der Waals surface area contributed by atoms with Gasteiger partial charge in [-0.15, -0.1) is 12.4 Å². The molecule has 0 saturated carbocycles. The van der Waals surface area contributed by atoms with Crippen molar-refractivity contribution >= 4 is 22.4 Å². The Hall–Kier alpha value is -0.690. The molecule has 1 fully saturated rings. The molecule has 1 aromatic carbocycles. The van der Waals surface area contributed by atoms with Gasteiger partial charge in [0.1, 0.15) is 5.82 Å². The molecule has 0 spiro atoms. The Morgan fingerprint density at radius 1 is 1.32 bits per heavy atom. The Kier molecular flexibility index (Phi) is 6.38. The first-order valence-electron chi connectivity index (χ1n) is 7.26. The number of nitrogens with zero attached hydrogens (tertiary/aromatic N) is 1. The van der Waals surface area contributed by atoms with Crippen molar-refractivity contribution in [1.82, 2.24) is 4.31 Å². The molecule has 0 aromatic heterocycles. The van der Waals surface area contributed by atoms with Gasteiger partial charge in [-0.3, -0.25) is 0 Å². The van der Waals surface area contributed by atoms with Crippen molar-refractivity contribution in [3.05, 3.63) is 29.1 Å². The lowest BCUT2D eigenvalue weighted by atomic mass is 9.94. The molecule has 22 heavy (non-hydrogen) atoms. The molecular formula is C15H24ClFN2O2S. The number of aryl methyl sites for hydroxylation is 2. The van der Waals surface area contributed by atoms with Gasteiger partial charge in [0.05, 0.1) is 4.90 Å². The first-order valence-corrected chi connectivity index (χ1v) is 8.70. The molecule has 2 rings (SSSR count). The van der Waals surface area contributed by atoms with E-state index < -0.39 is 15.8 Å². The van der Waals surface area contributed by atoms with Gasteiger partial charge in [-0.05, 0) is 55.9 Å². The first kappa shape index (κ1) is 19.4. The summed E-state index contributed by atoms with van der Waals surface area (Å²) >= 11 is 0. The van der Waals surface area contributed by atoms with E-state index in [2.05, 4.69) is 6.92 Å². The number of benzene rings is 1. The molecule has 2 atom stereocenters. The molecule has 0 amide bonds.